The first-order valence-corrected chi connectivity index (χ1v) is 3.00. The lowest BCUT2D eigenvalue weighted by molar-refractivity contribution is -0.598. The van der Waals surface area contributed by atoms with Gasteiger partial charge in [0.05, 0.1) is 12.4 Å². The van der Waals surface area contributed by atoms with Gasteiger partial charge in [0.2, 0.25) is 0 Å². The predicted octanol–water partition coefficient (Wildman–Crippen LogP) is 0.0145. The van der Waals surface area contributed by atoms with Gasteiger partial charge < -0.3 is 0 Å². The summed E-state index contributed by atoms with van der Waals surface area (Å²) in [4.78, 5) is 2.93. The lowest BCUT2D eigenvalue weighted by Crippen LogP contribution is -2.27. The van der Waals surface area contributed by atoms with Crippen molar-refractivity contribution < 1.29 is 4.57 Å². The summed E-state index contributed by atoms with van der Waals surface area (Å²) in [6, 6.07) is 1.90. The monoisotopic (exact) mass is 135 g/mol. The van der Waals surface area contributed by atoms with E-state index in [0.717, 1.165) is 5.82 Å². The number of hydrogen-bond donors (Lipinski definition) is 2. The molecule has 0 fully saturated rings. The molecule has 0 amide bonds. The minimum atomic E-state index is 0.959. The molecule has 2 rings (SSSR count). The predicted molar refractivity (Wildman–Crippen MR) is 34.5 cm³/mol. The Bertz CT molecular complexity index is 249. The smallest absolute Gasteiger partial charge is 0.250 e. The Hall–Kier alpha value is -1.58. The highest BCUT2D eigenvalue weighted by Crippen LogP contribution is 1.87. The summed E-state index contributed by atoms with van der Waals surface area (Å²) in [5, 5.41) is 6.65. The van der Waals surface area contributed by atoms with E-state index in [1.807, 2.05) is 29.4 Å². The van der Waals surface area contributed by atoms with Crippen LogP contribution in [0.5, 0.6) is 0 Å². The molecule has 0 aliphatic carbocycles. The molecule has 0 saturated carbocycles. The second-order valence-corrected chi connectivity index (χ2v) is 1.96. The Balaban J connectivity index is 2.48. The summed E-state index contributed by atoms with van der Waals surface area (Å²) in [5.41, 5.74) is 0. The third kappa shape index (κ3) is 0.699. The minimum Gasteiger partial charge on any atom is -0.283 e. The highest BCUT2D eigenvalue weighted by Gasteiger charge is 1.99. The topological polar surface area (TPSA) is 48.3 Å². The maximum absolute atomic E-state index is 3.82. The largest absolute Gasteiger partial charge is 0.283 e. The Morgan fingerprint density at radius 1 is 1.50 bits per heavy atom. The Morgan fingerprint density at radius 3 is 3.10 bits per heavy atom. The van der Waals surface area contributed by atoms with Crippen molar-refractivity contribution in [3.05, 3.63) is 31.0 Å². The number of aromatic nitrogens is 4. The maximum atomic E-state index is 3.82. The molecule has 10 heavy (non-hydrogen) atoms. The normalized spacial score (nSPS) is 10.0. The molecule has 0 bridgehead atoms. The number of aromatic amines is 2. The van der Waals surface area contributed by atoms with Crippen molar-refractivity contribution in [3.8, 4) is 5.82 Å². The number of nitrogens with zero attached hydrogens (tertiary/aromatic N) is 2. The lowest BCUT2D eigenvalue weighted by Gasteiger charge is -1.83. The fourth-order valence-electron chi connectivity index (χ4n) is 0.832. The number of H-pyrrole nitrogens is 2. The first-order valence-electron chi connectivity index (χ1n) is 3.00. The average molecular weight is 135 g/mol. The van der Waals surface area contributed by atoms with Crippen LogP contribution < -0.4 is 4.57 Å². The van der Waals surface area contributed by atoms with E-state index >= 15 is 0 Å². The van der Waals surface area contributed by atoms with Crippen LogP contribution in [-0.2, 0) is 0 Å². The van der Waals surface area contributed by atoms with E-state index in [4.69, 9.17) is 0 Å². The number of nitrogens with one attached hydrogen (secondary N) is 2. The van der Waals surface area contributed by atoms with Crippen molar-refractivity contribution in [2.45, 2.75) is 0 Å². The zero-order valence-corrected chi connectivity index (χ0v) is 5.28. The Labute approximate surface area is 57.5 Å². The fourth-order valence-corrected chi connectivity index (χ4v) is 0.832. The summed E-state index contributed by atoms with van der Waals surface area (Å²) >= 11 is 0. The van der Waals surface area contributed by atoms with E-state index < -0.39 is 0 Å². The van der Waals surface area contributed by atoms with Crippen LogP contribution in [0.2, 0.25) is 0 Å². The van der Waals surface area contributed by atoms with Gasteiger partial charge in [-0.1, -0.05) is 0 Å². The van der Waals surface area contributed by atoms with Crippen LogP contribution >= 0.6 is 0 Å². The van der Waals surface area contributed by atoms with Crippen molar-refractivity contribution in [1.29, 1.82) is 0 Å². The summed E-state index contributed by atoms with van der Waals surface area (Å²) in [6.45, 7) is 0. The highest BCUT2D eigenvalue weighted by atomic mass is 15.2. The molecule has 0 atom stereocenters. The Kier molecular flexibility index (Phi) is 1.04. The molecular formula is C6H7N4+. The summed E-state index contributed by atoms with van der Waals surface area (Å²) in [6.07, 6.45) is 7.32. The van der Waals surface area contributed by atoms with Crippen LogP contribution in [-0.4, -0.2) is 15.2 Å². The zero-order valence-electron chi connectivity index (χ0n) is 5.28. The van der Waals surface area contributed by atoms with Crippen molar-refractivity contribution >= 4 is 0 Å². The van der Waals surface area contributed by atoms with Gasteiger partial charge in [0.15, 0.2) is 6.33 Å². The lowest BCUT2D eigenvalue weighted by atomic mass is 10.6. The van der Waals surface area contributed by atoms with Gasteiger partial charge in [-0.15, -0.1) is 5.10 Å². The third-order valence-electron chi connectivity index (χ3n) is 1.31. The molecule has 50 valence electrons. The van der Waals surface area contributed by atoms with Crippen LogP contribution in [0.1, 0.15) is 0 Å². The van der Waals surface area contributed by atoms with Crippen molar-refractivity contribution in [1.82, 2.24) is 15.2 Å². The van der Waals surface area contributed by atoms with Gasteiger partial charge in [0, 0.05) is 6.07 Å². The molecule has 0 aromatic carbocycles. The van der Waals surface area contributed by atoms with E-state index in [-0.39, 0.29) is 0 Å². The summed E-state index contributed by atoms with van der Waals surface area (Å²) in [7, 11) is 0. The van der Waals surface area contributed by atoms with E-state index in [1.165, 1.54) is 0 Å². The van der Waals surface area contributed by atoms with Crippen molar-refractivity contribution in [2.75, 3.05) is 0 Å². The van der Waals surface area contributed by atoms with Gasteiger partial charge in [-0.3, -0.25) is 4.98 Å². The van der Waals surface area contributed by atoms with E-state index in [9.17, 15) is 0 Å². The van der Waals surface area contributed by atoms with Gasteiger partial charge in [-0.05, 0) is 0 Å². The molecule has 0 saturated heterocycles. The molecule has 4 nitrogen and oxygen atoms in total. The first kappa shape index (κ1) is 5.22. The summed E-state index contributed by atoms with van der Waals surface area (Å²) in [5.74, 6) is 0.959. The number of imidazole rings is 1. The van der Waals surface area contributed by atoms with Gasteiger partial charge in [0.25, 0.3) is 5.82 Å². The molecule has 2 N–H and O–H groups in total. The Morgan fingerprint density at radius 2 is 2.50 bits per heavy atom. The van der Waals surface area contributed by atoms with Crippen LogP contribution in [0.15, 0.2) is 31.0 Å². The van der Waals surface area contributed by atoms with Crippen LogP contribution in [0, 0.1) is 0 Å². The van der Waals surface area contributed by atoms with Crippen LogP contribution in [0.4, 0.5) is 0 Å². The standard InChI is InChI=1S/C6H6N4/c1-2-8-9-6(1)10-4-3-7-5-10/h1-5H,(H,8,9)/p+1. The van der Waals surface area contributed by atoms with Gasteiger partial charge in [-0.25, -0.2) is 4.57 Å². The second-order valence-electron chi connectivity index (χ2n) is 1.96. The van der Waals surface area contributed by atoms with Gasteiger partial charge in [-0.2, -0.15) is 5.10 Å². The second kappa shape index (κ2) is 1.98. The molecule has 0 aliphatic rings. The number of hydrogen-bond acceptors (Lipinski definition) is 1. The molecule has 2 heterocycles. The molecular weight excluding hydrogens is 128 g/mol. The summed E-state index contributed by atoms with van der Waals surface area (Å²) < 4.78 is 1.91. The highest BCUT2D eigenvalue weighted by molar-refractivity contribution is 5.03. The van der Waals surface area contributed by atoms with Gasteiger partial charge in [0.1, 0.15) is 6.20 Å². The number of rotatable bonds is 1. The molecule has 4 heteroatoms. The molecule has 0 radical (unpaired) electrons. The van der Waals surface area contributed by atoms with Crippen molar-refractivity contribution in [3.63, 3.8) is 0 Å². The SMILES string of the molecule is c1cc(-[n+]2cc[nH]c2)[nH]n1. The molecule has 2 aromatic heterocycles. The van der Waals surface area contributed by atoms with E-state index in [0.29, 0.717) is 0 Å². The van der Waals surface area contributed by atoms with Crippen LogP contribution in [0.25, 0.3) is 5.82 Å². The van der Waals surface area contributed by atoms with Crippen molar-refractivity contribution in [2.24, 2.45) is 0 Å². The zero-order chi connectivity index (χ0) is 6.81. The third-order valence-corrected chi connectivity index (χ3v) is 1.31. The maximum Gasteiger partial charge on any atom is 0.250 e. The van der Waals surface area contributed by atoms with Gasteiger partial charge >= 0.3 is 0 Å². The van der Waals surface area contributed by atoms with Crippen LogP contribution in [0.3, 0.4) is 0 Å². The fraction of sp³-hybridized carbons (Fsp3) is 0. The first-order chi connectivity index (χ1) is 4.97. The van der Waals surface area contributed by atoms with E-state index in [2.05, 4.69) is 15.2 Å². The molecule has 0 spiro atoms. The van der Waals surface area contributed by atoms with E-state index in [1.54, 1.807) is 6.20 Å². The molecule has 2 aromatic rings. The molecule has 0 unspecified atom stereocenters. The minimum absolute atomic E-state index is 0.959. The average Bonchev–Trinajstić information content (AvgIpc) is 2.59. The molecule has 0 aliphatic heterocycles. The quantitative estimate of drug-likeness (QED) is 0.532.